The number of hydrogen-bond acceptors (Lipinski definition) is 2. The molecule has 1 rings (SSSR count). The topological polar surface area (TPSA) is 26.3 Å². The fourth-order valence-corrected chi connectivity index (χ4v) is 1.06. The Labute approximate surface area is 84.2 Å². The maximum Gasteiger partial charge on any atom is 0.311 e. The molecule has 0 radical (unpaired) electrons. The Balaban J connectivity index is 2.59. The van der Waals surface area contributed by atoms with Gasteiger partial charge < -0.3 is 4.74 Å². The summed E-state index contributed by atoms with van der Waals surface area (Å²) in [4.78, 5) is 11.1. The SMILES string of the molecule is C=Cc1ccc(OC(=O)CCC)cc1. The Kier molecular flexibility index (Phi) is 3.92. The molecule has 1 aromatic carbocycles. The van der Waals surface area contributed by atoms with Gasteiger partial charge in [0.15, 0.2) is 0 Å². The molecule has 0 atom stereocenters. The van der Waals surface area contributed by atoms with E-state index in [4.69, 9.17) is 4.74 Å². The summed E-state index contributed by atoms with van der Waals surface area (Å²) in [6, 6.07) is 7.26. The maximum atomic E-state index is 11.1. The second-order valence-corrected chi connectivity index (χ2v) is 3.00. The first-order chi connectivity index (χ1) is 6.76. The molecule has 74 valence electrons. The molecule has 0 aliphatic rings. The van der Waals surface area contributed by atoms with Gasteiger partial charge in [-0.2, -0.15) is 0 Å². The van der Waals surface area contributed by atoms with E-state index in [1.165, 1.54) is 0 Å². The smallest absolute Gasteiger partial charge is 0.311 e. The molecule has 0 aliphatic carbocycles. The molecule has 0 saturated carbocycles. The van der Waals surface area contributed by atoms with E-state index in [-0.39, 0.29) is 5.97 Å². The van der Waals surface area contributed by atoms with Gasteiger partial charge >= 0.3 is 5.97 Å². The van der Waals surface area contributed by atoms with Gasteiger partial charge in [-0.05, 0) is 24.1 Å². The zero-order valence-corrected chi connectivity index (χ0v) is 8.32. The van der Waals surface area contributed by atoms with Crippen molar-refractivity contribution >= 4 is 12.0 Å². The molecule has 0 aromatic heterocycles. The minimum Gasteiger partial charge on any atom is -0.427 e. The second-order valence-electron chi connectivity index (χ2n) is 3.00. The van der Waals surface area contributed by atoms with Gasteiger partial charge in [0.2, 0.25) is 0 Å². The Morgan fingerprint density at radius 2 is 2.07 bits per heavy atom. The quantitative estimate of drug-likeness (QED) is 0.539. The number of carbonyl (C=O) groups excluding carboxylic acids is 1. The number of carbonyl (C=O) groups is 1. The molecule has 0 amide bonds. The maximum absolute atomic E-state index is 11.1. The van der Waals surface area contributed by atoms with Crippen molar-refractivity contribution in [3.8, 4) is 5.75 Å². The third kappa shape index (κ3) is 3.05. The Morgan fingerprint density at radius 3 is 2.57 bits per heavy atom. The zero-order valence-electron chi connectivity index (χ0n) is 8.32. The average Bonchev–Trinajstić information content (AvgIpc) is 2.19. The number of esters is 1. The van der Waals surface area contributed by atoms with Crippen molar-refractivity contribution in [3.63, 3.8) is 0 Å². The summed E-state index contributed by atoms with van der Waals surface area (Å²) >= 11 is 0. The molecule has 2 nitrogen and oxygen atoms in total. The van der Waals surface area contributed by atoms with E-state index < -0.39 is 0 Å². The highest BCUT2D eigenvalue weighted by molar-refractivity contribution is 5.72. The fourth-order valence-electron chi connectivity index (χ4n) is 1.06. The lowest BCUT2D eigenvalue weighted by atomic mass is 10.2. The third-order valence-electron chi connectivity index (χ3n) is 1.80. The Morgan fingerprint density at radius 1 is 1.43 bits per heavy atom. The van der Waals surface area contributed by atoms with Gasteiger partial charge in [-0.3, -0.25) is 4.79 Å². The molecule has 2 heteroatoms. The van der Waals surface area contributed by atoms with E-state index in [0.29, 0.717) is 12.2 Å². The highest BCUT2D eigenvalue weighted by atomic mass is 16.5. The van der Waals surface area contributed by atoms with E-state index in [1.54, 1.807) is 18.2 Å². The fraction of sp³-hybridized carbons (Fsp3) is 0.250. The van der Waals surface area contributed by atoms with Gasteiger partial charge in [-0.1, -0.05) is 31.7 Å². The average molecular weight is 190 g/mol. The minimum absolute atomic E-state index is 0.182. The van der Waals surface area contributed by atoms with Crippen molar-refractivity contribution in [2.45, 2.75) is 19.8 Å². The summed E-state index contributed by atoms with van der Waals surface area (Å²) in [5.74, 6) is 0.410. The monoisotopic (exact) mass is 190 g/mol. The van der Waals surface area contributed by atoms with Gasteiger partial charge in [0.25, 0.3) is 0 Å². The summed E-state index contributed by atoms with van der Waals surface area (Å²) < 4.78 is 5.08. The highest BCUT2D eigenvalue weighted by Gasteiger charge is 2.01. The van der Waals surface area contributed by atoms with Crippen LogP contribution >= 0.6 is 0 Å². The third-order valence-corrected chi connectivity index (χ3v) is 1.80. The summed E-state index contributed by atoms with van der Waals surface area (Å²) in [6.07, 6.45) is 3.02. The Hall–Kier alpha value is -1.57. The zero-order chi connectivity index (χ0) is 10.4. The number of rotatable bonds is 4. The van der Waals surface area contributed by atoms with Gasteiger partial charge in [-0.25, -0.2) is 0 Å². The number of hydrogen-bond donors (Lipinski definition) is 0. The lowest BCUT2D eigenvalue weighted by Crippen LogP contribution is -2.06. The normalized spacial score (nSPS) is 9.50. The van der Waals surface area contributed by atoms with Gasteiger partial charge in [-0.15, -0.1) is 0 Å². The summed E-state index contributed by atoms with van der Waals surface area (Å²) in [5.41, 5.74) is 1.01. The molecule has 14 heavy (non-hydrogen) atoms. The van der Waals surface area contributed by atoms with Crippen molar-refractivity contribution in [1.29, 1.82) is 0 Å². The predicted molar refractivity (Wildman–Crippen MR) is 57.1 cm³/mol. The van der Waals surface area contributed by atoms with E-state index in [2.05, 4.69) is 6.58 Å². The Bertz CT molecular complexity index is 312. The van der Waals surface area contributed by atoms with Crippen LogP contribution in [-0.4, -0.2) is 5.97 Å². The van der Waals surface area contributed by atoms with E-state index in [0.717, 1.165) is 12.0 Å². The van der Waals surface area contributed by atoms with Crippen LogP contribution in [0.2, 0.25) is 0 Å². The molecule has 0 heterocycles. The highest BCUT2D eigenvalue weighted by Crippen LogP contribution is 2.13. The summed E-state index contributed by atoms with van der Waals surface area (Å²) in [7, 11) is 0. The standard InChI is InChI=1S/C12H14O2/c1-3-5-12(13)14-11-8-6-10(4-2)7-9-11/h4,6-9H,2-3,5H2,1H3. The molecule has 0 N–H and O–H groups in total. The minimum atomic E-state index is -0.182. The van der Waals surface area contributed by atoms with E-state index >= 15 is 0 Å². The van der Waals surface area contributed by atoms with E-state index in [1.807, 2.05) is 19.1 Å². The lowest BCUT2D eigenvalue weighted by Gasteiger charge is -2.02. The van der Waals surface area contributed by atoms with Crippen LogP contribution in [0.3, 0.4) is 0 Å². The molecular weight excluding hydrogens is 176 g/mol. The first kappa shape index (κ1) is 10.5. The summed E-state index contributed by atoms with van der Waals surface area (Å²) in [5, 5.41) is 0. The molecule has 0 saturated heterocycles. The van der Waals surface area contributed by atoms with Crippen molar-refractivity contribution < 1.29 is 9.53 Å². The van der Waals surface area contributed by atoms with Crippen LogP contribution in [0.5, 0.6) is 5.75 Å². The molecule has 0 aliphatic heterocycles. The molecule has 1 aromatic rings. The van der Waals surface area contributed by atoms with Crippen molar-refractivity contribution in [2.75, 3.05) is 0 Å². The van der Waals surface area contributed by atoms with Gasteiger partial charge in [0, 0.05) is 6.42 Å². The molecule has 0 spiro atoms. The van der Waals surface area contributed by atoms with Crippen molar-refractivity contribution in [3.05, 3.63) is 36.4 Å². The lowest BCUT2D eigenvalue weighted by molar-refractivity contribution is -0.134. The van der Waals surface area contributed by atoms with Crippen LogP contribution < -0.4 is 4.74 Å². The first-order valence-electron chi connectivity index (χ1n) is 4.69. The number of benzene rings is 1. The van der Waals surface area contributed by atoms with Gasteiger partial charge in [0.1, 0.15) is 5.75 Å². The van der Waals surface area contributed by atoms with Gasteiger partial charge in [0.05, 0.1) is 0 Å². The molecular formula is C12H14O2. The van der Waals surface area contributed by atoms with Crippen LogP contribution in [0.25, 0.3) is 6.08 Å². The van der Waals surface area contributed by atoms with Crippen LogP contribution in [0.4, 0.5) is 0 Å². The van der Waals surface area contributed by atoms with Crippen LogP contribution in [0, 0.1) is 0 Å². The van der Waals surface area contributed by atoms with Crippen molar-refractivity contribution in [2.24, 2.45) is 0 Å². The first-order valence-corrected chi connectivity index (χ1v) is 4.69. The van der Waals surface area contributed by atoms with Crippen LogP contribution in [0.1, 0.15) is 25.3 Å². The van der Waals surface area contributed by atoms with E-state index in [9.17, 15) is 4.79 Å². The molecule has 0 bridgehead atoms. The largest absolute Gasteiger partial charge is 0.427 e. The predicted octanol–water partition coefficient (Wildman–Crippen LogP) is 3.04. The molecule has 0 unspecified atom stereocenters. The second kappa shape index (κ2) is 5.22. The van der Waals surface area contributed by atoms with Crippen LogP contribution in [-0.2, 0) is 4.79 Å². The molecule has 0 fully saturated rings. The van der Waals surface area contributed by atoms with Crippen LogP contribution in [0.15, 0.2) is 30.8 Å². The number of ether oxygens (including phenoxy) is 1. The summed E-state index contributed by atoms with van der Waals surface area (Å²) in [6.45, 7) is 5.59. The van der Waals surface area contributed by atoms with Crippen molar-refractivity contribution in [1.82, 2.24) is 0 Å².